The van der Waals surface area contributed by atoms with Crippen LogP contribution in [0.5, 0.6) is 0 Å². The van der Waals surface area contributed by atoms with Crippen molar-refractivity contribution in [2.75, 3.05) is 0 Å². The molecule has 66 valence electrons. The predicted molar refractivity (Wildman–Crippen MR) is 61.5 cm³/mol. The number of carbonyl (C=O) groups is 1. The first-order valence-corrected chi connectivity index (χ1v) is 5.24. The minimum absolute atomic E-state index is 0.807. The van der Waals surface area contributed by atoms with Gasteiger partial charge in [0.25, 0.3) is 0 Å². The maximum Gasteiger partial charge on any atom is 0.146 e. The Morgan fingerprint density at radius 1 is 1.46 bits per heavy atom. The Hall–Kier alpha value is -0.640. The number of halogens is 1. The van der Waals surface area contributed by atoms with E-state index in [0.717, 1.165) is 23.9 Å². The van der Waals surface area contributed by atoms with E-state index in [0.29, 0.717) is 0 Å². The number of rotatable bonds is 1. The summed E-state index contributed by atoms with van der Waals surface area (Å²) in [6.07, 6.45) is 1.78. The van der Waals surface area contributed by atoms with E-state index in [1.807, 2.05) is 6.92 Å². The predicted octanol–water partition coefficient (Wildman–Crippen LogP) is 2.82. The molecule has 0 radical (unpaired) electrons. The lowest BCUT2D eigenvalue weighted by Crippen LogP contribution is -1.85. The molecule has 1 nitrogen and oxygen atoms in total. The van der Waals surface area contributed by atoms with Gasteiger partial charge in [-0.25, -0.2) is 0 Å². The summed E-state index contributed by atoms with van der Waals surface area (Å²) in [5.41, 5.74) is 4.59. The van der Waals surface area contributed by atoms with Gasteiger partial charge in [0.05, 0.1) is 0 Å². The lowest BCUT2D eigenvalue weighted by molar-refractivity contribution is -0.104. The highest BCUT2D eigenvalue weighted by Gasteiger charge is 2.17. The van der Waals surface area contributed by atoms with E-state index in [1.165, 1.54) is 14.7 Å². The van der Waals surface area contributed by atoms with Crippen LogP contribution in [0.4, 0.5) is 0 Å². The van der Waals surface area contributed by atoms with Crippen LogP contribution in [0, 0.1) is 3.57 Å². The average molecular weight is 284 g/mol. The Bertz CT molecular complexity index is 405. The second-order valence-electron chi connectivity index (χ2n) is 3.25. The summed E-state index contributed by atoms with van der Waals surface area (Å²) in [6.45, 7) is 2.02. The van der Waals surface area contributed by atoms with Crippen LogP contribution in [0.25, 0.3) is 5.57 Å². The zero-order chi connectivity index (χ0) is 9.42. The molecule has 0 N–H and O–H groups in total. The molecule has 13 heavy (non-hydrogen) atoms. The molecule has 1 aromatic rings. The largest absolute Gasteiger partial charge is 0.298 e. The first-order chi connectivity index (χ1) is 6.22. The van der Waals surface area contributed by atoms with Gasteiger partial charge < -0.3 is 0 Å². The number of hydrogen-bond acceptors (Lipinski definition) is 1. The van der Waals surface area contributed by atoms with Gasteiger partial charge in [0.15, 0.2) is 0 Å². The number of hydrogen-bond donors (Lipinski definition) is 0. The fourth-order valence-electron chi connectivity index (χ4n) is 1.72. The molecule has 0 saturated carbocycles. The van der Waals surface area contributed by atoms with Crippen LogP contribution >= 0.6 is 22.6 Å². The van der Waals surface area contributed by atoms with Gasteiger partial charge in [-0.1, -0.05) is 6.07 Å². The topological polar surface area (TPSA) is 17.1 Å². The molecular weight excluding hydrogens is 275 g/mol. The summed E-state index contributed by atoms with van der Waals surface area (Å²) >= 11 is 2.29. The standard InChI is InChI=1S/C11H9IO/c1-7-9(6-13)4-8-5-10(12)2-3-11(7)8/h2-3,5-6H,4H2,1H3. The van der Waals surface area contributed by atoms with Crippen LogP contribution in [0.2, 0.25) is 0 Å². The van der Waals surface area contributed by atoms with Crippen LogP contribution in [0.1, 0.15) is 18.1 Å². The third-order valence-corrected chi connectivity index (χ3v) is 3.15. The number of allylic oxidation sites excluding steroid dienone is 2. The highest BCUT2D eigenvalue weighted by Crippen LogP contribution is 2.32. The summed E-state index contributed by atoms with van der Waals surface area (Å²) in [6, 6.07) is 6.33. The van der Waals surface area contributed by atoms with Crippen LogP contribution in [-0.4, -0.2) is 6.29 Å². The quantitative estimate of drug-likeness (QED) is 0.572. The molecule has 2 rings (SSSR count). The lowest BCUT2D eigenvalue weighted by atomic mass is 10.1. The minimum atomic E-state index is 0.807. The fraction of sp³-hybridized carbons (Fsp3) is 0.182. The molecule has 1 aliphatic rings. The van der Waals surface area contributed by atoms with E-state index in [9.17, 15) is 4.79 Å². The molecule has 0 spiro atoms. The smallest absolute Gasteiger partial charge is 0.146 e. The SMILES string of the molecule is CC1=C(C=O)Cc2cc(I)ccc21. The van der Waals surface area contributed by atoms with Gasteiger partial charge in [0.2, 0.25) is 0 Å². The van der Waals surface area contributed by atoms with E-state index in [2.05, 4.69) is 40.8 Å². The molecule has 1 aliphatic carbocycles. The number of benzene rings is 1. The minimum Gasteiger partial charge on any atom is -0.298 e. The van der Waals surface area contributed by atoms with E-state index >= 15 is 0 Å². The van der Waals surface area contributed by atoms with Crippen molar-refractivity contribution in [1.29, 1.82) is 0 Å². The molecular formula is C11H9IO. The van der Waals surface area contributed by atoms with E-state index in [1.54, 1.807) is 0 Å². The Labute approximate surface area is 91.0 Å². The Morgan fingerprint density at radius 2 is 2.23 bits per heavy atom. The van der Waals surface area contributed by atoms with Gasteiger partial charge in [-0.05, 0) is 63.9 Å². The Kier molecular flexibility index (Phi) is 2.24. The van der Waals surface area contributed by atoms with Gasteiger partial charge >= 0.3 is 0 Å². The van der Waals surface area contributed by atoms with Crippen LogP contribution in [0.15, 0.2) is 23.8 Å². The summed E-state index contributed by atoms with van der Waals surface area (Å²) < 4.78 is 1.23. The van der Waals surface area contributed by atoms with Crippen molar-refractivity contribution < 1.29 is 4.79 Å². The monoisotopic (exact) mass is 284 g/mol. The molecule has 0 atom stereocenters. The molecule has 0 heterocycles. The van der Waals surface area contributed by atoms with Crippen molar-refractivity contribution in [2.24, 2.45) is 0 Å². The molecule has 2 heteroatoms. The summed E-state index contributed by atoms with van der Waals surface area (Å²) in [7, 11) is 0. The van der Waals surface area contributed by atoms with Gasteiger partial charge in [-0.2, -0.15) is 0 Å². The second kappa shape index (κ2) is 3.25. The Morgan fingerprint density at radius 3 is 2.92 bits per heavy atom. The maximum absolute atomic E-state index is 10.7. The van der Waals surface area contributed by atoms with Crippen LogP contribution < -0.4 is 0 Å². The first kappa shape index (κ1) is 8.94. The van der Waals surface area contributed by atoms with Crippen LogP contribution in [0.3, 0.4) is 0 Å². The maximum atomic E-state index is 10.7. The molecule has 0 aliphatic heterocycles. The van der Waals surface area contributed by atoms with Crippen molar-refractivity contribution in [2.45, 2.75) is 13.3 Å². The zero-order valence-corrected chi connectivity index (χ0v) is 9.46. The zero-order valence-electron chi connectivity index (χ0n) is 7.30. The van der Waals surface area contributed by atoms with E-state index in [-0.39, 0.29) is 0 Å². The first-order valence-electron chi connectivity index (χ1n) is 4.16. The van der Waals surface area contributed by atoms with Crippen molar-refractivity contribution >= 4 is 34.5 Å². The highest BCUT2D eigenvalue weighted by atomic mass is 127. The fourth-order valence-corrected chi connectivity index (χ4v) is 2.27. The van der Waals surface area contributed by atoms with Crippen molar-refractivity contribution in [1.82, 2.24) is 0 Å². The third kappa shape index (κ3) is 1.43. The van der Waals surface area contributed by atoms with Gasteiger partial charge in [0, 0.05) is 9.99 Å². The highest BCUT2D eigenvalue weighted by molar-refractivity contribution is 14.1. The average Bonchev–Trinajstić information content (AvgIpc) is 2.42. The number of aldehydes is 1. The Balaban J connectivity index is 2.55. The molecule has 1 aromatic carbocycles. The molecule has 0 fully saturated rings. The van der Waals surface area contributed by atoms with E-state index in [4.69, 9.17) is 0 Å². The lowest BCUT2D eigenvalue weighted by Gasteiger charge is -2.00. The number of fused-ring (bicyclic) bond motifs is 1. The van der Waals surface area contributed by atoms with Crippen molar-refractivity contribution in [3.63, 3.8) is 0 Å². The van der Waals surface area contributed by atoms with Gasteiger partial charge in [-0.15, -0.1) is 0 Å². The van der Waals surface area contributed by atoms with Crippen LogP contribution in [-0.2, 0) is 11.2 Å². The summed E-state index contributed by atoms with van der Waals surface area (Å²) in [5, 5.41) is 0. The summed E-state index contributed by atoms with van der Waals surface area (Å²) in [4.78, 5) is 10.7. The second-order valence-corrected chi connectivity index (χ2v) is 4.49. The number of carbonyl (C=O) groups excluding carboxylic acids is 1. The molecule has 0 saturated heterocycles. The normalized spacial score (nSPS) is 14.6. The summed E-state index contributed by atoms with van der Waals surface area (Å²) in [5.74, 6) is 0. The van der Waals surface area contributed by atoms with Crippen molar-refractivity contribution in [3.8, 4) is 0 Å². The molecule has 0 bridgehead atoms. The molecule has 0 amide bonds. The molecule has 0 unspecified atom stereocenters. The van der Waals surface area contributed by atoms with Crippen molar-refractivity contribution in [3.05, 3.63) is 38.5 Å². The molecule has 0 aromatic heterocycles. The van der Waals surface area contributed by atoms with Gasteiger partial charge in [0.1, 0.15) is 6.29 Å². The third-order valence-electron chi connectivity index (χ3n) is 2.48. The van der Waals surface area contributed by atoms with E-state index < -0.39 is 0 Å². The van der Waals surface area contributed by atoms with Gasteiger partial charge in [-0.3, -0.25) is 4.79 Å².